The summed E-state index contributed by atoms with van der Waals surface area (Å²) < 4.78 is 11.5. The normalized spacial score (nSPS) is 18.9. The van der Waals surface area contributed by atoms with E-state index >= 15 is 0 Å². The van der Waals surface area contributed by atoms with Crippen LogP contribution in [0.5, 0.6) is 0 Å². The summed E-state index contributed by atoms with van der Waals surface area (Å²) in [6.07, 6.45) is 9.19. The van der Waals surface area contributed by atoms with E-state index in [0.717, 1.165) is 89.7 Å². The van der Waals surface area contributed by atoms with E-state index in [1.165, 1.54) is 12.1 Å². The van der Waals surface area contributed by atoms with E-state index in [2.05, 4.69) is 45.5 Å². The third kappa shape index (κ3) is 7.66. The largest absolute Gasteiger partial charge is 0.386 e. The molecular weight excluding hydrogens is 565 g/mol. The Morgan fingerprint density at radius 2 is 1.67 bits per heavy atom. The van der Waals surface area contributed by atoms with Crippen LogP contribution in [-0.4, -0.2) is 50.3 Å². The van der Waals surface area contributed by atoms with Gasteiger partial charge in [0.15, 0.2) is 0 Å². The molecule has 2 heterocycles. The van der Waals surface area contributed by atoms with Gasteiger partial charge in [0.05, 0.1) is 16.5 Å². The molecule has 9 heteroatoms. The van der Waals surface area contributed by atoms with Crippen molar-refractivity contribution in [2.45, 2.75) is 69.9 Å². The summed E-state index contributed by atoms with van der Waals surface area (Å²) in [7, 11) is -0.653. The summed E-state index contributed by atoms with van der Waals surface area (Å²) in [6, 6.07) is 18.7. The quantitative estimate of drug-likeness (QED) is 0.357. The first-order chi connectivity index (χ1) is 20.2. The van der Waals surface area contributed by atoms with E-state index in [4.69, 9.17) is 5.26 Å². The van der Waals surface area contributed by atoms with Gasteiger partial charge in [-0.05, 0) is 62.8 Å². The van der Waals surface area contributed by atoms with Crippen LogP contribution < -0.4 is 10.2 Å². The number of amides is 1. The number of nitrogens with zero attached hydrogens (tertiary/aromatic N) is 3. The molecule has 0 bridgehead atoms. The molecule has 1 aliphatic heterocycles. The number of carbonyl (C=O) groups is 1. The lowest BCUT2D eigenvalue weighted by atomic mass is 9.88. The van der Waals surface area contributed by atoms with E-state index in [-0.39, 0.29) is 11.8 Å². The zero-order valence-corrected chi connectivity index (χ0v) is 26.1. The Kier molecular flexibility index (Phi) is 9.46. The van der Waals surface area contributed by atoms with Crippen molar-refractivity contribution in [2.24, 2.45) is 5.92 Å². The average Bonchev–Trinajstić information content (AvgIpc) is 3.61. The van der Waals surface area contributed by atoms with Gasteiger partial charge in [-0.1, -0.05) is 55.7 Å². The van der Waals surface area contributed by atoms with E-state index in [1.54, 1.807) is 25.2 Å². The van der Waals surface area contributed by atoms with Crippen molar-refractivity contribution in [3.05, 3.63) is 60.3 Å². The summed E-state index contributed by atoms with van der Waals surface area (Å²) in [5.74, 6) is 1.80. The molecule has 1 saturated heterocycles. The lowest BCUT2D eigenvalue weighted by Crippen LogP contribution is -2.40. The highest BCUT2D eigenvalue weighted by Crippen LogP contribution is 2.36. The molecule has 6 rings (SSSR count). The van der Waals surface area contributed by atoms with Gasteiger partial charge in [-0.3, -0.25) is 9.00 Å². The fourth-order valence-corrected chi connectivity index (χ4v) is 7.37. The molecule has 1 aromatic heterocycles. The number of hydrogen-bond donors (Lipinski definition) is 2. The minimum atomic E-state index is -0.836. The molecule has 3 aliphatic rings. The molecule has 0 radical (unpaired) electrons. The minimum absolute atomic E-state index is 0.115. The van der Waals surface area contributed by atoms with E-state index in [9.17, 15) is 14.1 Å². The highest BCUT2D eigenvalue weighted by atomic mass is 32.2. The van der Waals surface area contributed by atoms with Crippen LogP contribution in [0.3, 0.4) is 0 Å². The van der Waals surface area contributed by atoms with Gasteiger partial charge in [0.1, 0.15) is 10.5 Å². The monoisotopic (exact) mass is 604 g/mol. The molecule has 2 saturated carbocycles. The molecule has 0 spiro atoms. The zero-order valence-electron chi connectivity index (χ0n) is 24.5. The zero-order chi connectivity index (χ0) is 29.7. The number of aliphatic hydroxyl groups is 1. The molecule has 3 fully saturated rings. The lowest BCUT2D eigenvalue weighted by molar-refractivity contribution is -0.126. The van der Waals surface area contributed by atoms with Gasteiger partial charge in [0, 0.05) is 58.8 Å². The first kappa shape index (κ1) is 30.4. The first-order valence-corrected chi connectivity index (χ1v) is 17.2. The molecule has 7 nitrogen and oxygen atoms in total. The van der Waals surface area contributed by atoms with Crippen LogP contribution in [0, 0.1) is 17.2 Å². The standard InChI is InChI=1S/C22H24N2O2S2.C11H16N2O/c1-22(2,25)18-7-3-17(4-8-18)21-23-15-20(27-21)16-5-9-19(10-6-16)24-11-13-28(26)14-12-24;12-8-11(6-7-11)13-10(14)9-4-2-1-3-5-9/h3-10,15,25H,11-14H2,1-2H3;9H,1-7H2,(H,13,14). The van der Waals surface area contributed by atoms with Gasteiger partial charge in [-0.2, -0.15) is 5.26 Å². The number of aromatic nitrogens is 1. The Morgan fingerprint density at radius 3 is 2.24 bits per heavy atom. The third-order valence-corrected chi connectivity index (χ3v) is 10.7. The molecule has 2 aliphatic carbocycles. The van der Waals surface area contributed by atoms with Crippen LogP contribution in [0.1, 0.15) is 64.4 Å². The summed E-state index contributed by atoms with van der Waals surface area (Å²) in [6.45, 7) is 5.29. The van der Waals surface area contributed by atoms with Crippen molar-refractivity contribution in [2.75, 3.05) is 29.5 Å². The number of thiazole rings is 1. The maximum Gasteiger partial charge on any atom is 0.224 e. The molecule has 0 unspecified atom stereocenters. The summed E-state index contributed by atoms with van der Waals surface area (Å²) in [4.78, 5) is 19.8. The molecule has 0 atom stereocenters. The number of nitriles is 1. The second kappa shape index (κ2) is 13.1. The van der Waals surface area contributed by atoms with Crippen molar-refractivity contribution >= 4 is 33.7 Å². The van der Waals surface area contributed by atoms with Crippen LogP contribution in [0.25, 0.3) is 21.0 Å². The lowest BCUT2D eigenvalue weighted by Gasteiger charge is -2.28. The van der Waals surface area contributed by atoms with Crippen LogP contribution >= 0.6 is 11.3 Å². The van der Waals surface area contributed by atoms with Crippen molar-refractivity contribution < 1.29 is 14.1 Å². The molecular formula is C33H40N4O3S2. The number of benzene rings is 2. The van der Waals surface area contributed by atoms with E-state index < -0.39 is 21.9 Å². The highest BCUT2D eigenvalue weighted by molar-refractivity contribution is 7.85. The Labute approximate surface area is 255 Å². The van der Waals surface area contributed by atoms with Crippen LogP contribution in [0.15, 0.2) is 54.7 Å². The van der Waals surface area contributed by atoms with Crippen molar-refractivity contribution in [1.82, 2.24) is 10.3 Å². The topological polar surface area (TPSA) is 106 Å². The Bertz CT molecular complexity index is 1420. The Balaban J connectivity index is 0.000000211. The maximum atomic E-state index is 11.8. The predicted octanol–water partition coefficient (Wildman–Crippen LogP) is 6.01. The van der Waals surface area contributed by atoms with Gasteiger partial charge >= 0.3 is 0 Å². The molecule has 2 N–H and O–H groups in total. The Hall–Kier alpha value is -3.06. The van der Waals surface area contributed by atoms with E-state index in [0.29, 0.717) is 0 Å². The summed E-state index contributed by atoms with van der Waals surface area (Å²) >= 11 is 1.67. The predicted molar refractivity (Wildman–Crippen MR) is 171 cm³/mol. The van der Waals surface area contributed by atoms with Gasteiger partial charge < -0.3 is 15.3 Å². The number of anilines is 1. The van der Waals surface area contributed by atoms with Crippen LogP contribution in [0.4, 0.5) is 5.69 Å². The van der Waals surface area contributed by atoms with Crippen molar-refractivity contribution in [3.63, 3.8) is 0 Å². The second-order valence-electron chi connectivity index (χ2n) is 12.1. The molecule has 3 aromatic rings. The number of rotatable bonds is 6. The average molecular weight is 605 g/mol. The second-order valence-corrected chi connectivity index (χ2v) is 14.8. The highest BCUT2D eigenvalue weighted by Gasteiger charge is 2.45. The van der Waals surface area contributed by atoms with Crippen molar-refractivity contribution in [3.8, 4) is 27.1 Å². The van der Waals surface area contributed by atoms with Gasteiger partial charge in [0.25, 0.3) is 0 Å². The Morgan fingerprint density at radius 1 is 1.05 bits per heavy atom. The van der Waals surface area contributed by atoms with Gasteiger partial charge in [-0.25, -0.2) is 4.98 Å². The van der Waals surface area contributed by atoms with Crippen LogP contribution in [0.2, 0.25) is 0 Å². The first-order valence-electron chi connectivity index (χ1n) is 14.9. The SMILES string of the molecule is CC(C)(O)c1ccc(-c2ncc(-c3ccc(N4CCS(=O)CC4)cc3)s2)cc1.N#CC1(NC(=O)C2CCCCC2)CC1. The van der Waals surface area contributed by atoms with Gasteiger partial charge in [-0.15, -0.1) is 11.3 Å². The molecule has 2 aromatic carbocycles. The smallest absolute Gasteiger partial charge is 0.224 e. The van der Waals surface area contributed by atoms with Gasteiger partial charge in [0.2, 0.25) is 5.91 Å². The van der Waals surface area contributed by atoms with Crippen LogP contribution in [-0.2, 0) is 21.2 Å². The molecule has 42 heavy (non-hydrogen) atoms. The minimum Gasteiger partial charge on any atom is -0.386 e. The fraction of sp³-hybridized carbons (Fsp3) is 0.485. The molecule has 222 valence electrons. The fourth-order valence-electron chi connectivity index (χ4n) is 5.39. The maximum absolute atomic E-state index is 11.8. The number of nitrogens with one attached hydrogen (secondary N) is 1. The number of hydrogen-bond acceptors (Lipinski definition) is 7. The molecule has 1 amide bonds. The van der Waals surface area contributed by atoms with Crippen molar-refractivity contribution in [1.29, 1.82) is 5.26 Å². The number of carbonyl (C=O) groups excluding carboxylic acids is 1. The van der Waals surface area contributed by atoms with E-state index in [1.807, 2.05) is 30.5 Å². The summed E-state index contributed by atoms with van der Waals surface area (Å²) in [5, 5.41) is 22.8. The summed E-state index contributed by atoms with van der Waals surface area (Å²) in [5.41, 5.74) is 2.98. The third-order valence-electron chi connectivity index (χ3n) is 8.34.